The fraction of sp³-hybridized carbons (Fsp3) is 0.391. The predicted molar refractivity (Wildman–Crippen MR) is 106 cm³/mol. The van der Waals surface area contributed by atoms with Crippen LogP contribution in [0.4, 0.5) is 0 Å². The highest BCUT2D eigenvalue weighted by molar-refractivity contribution is 6.04. The maximum atomic E-state index is 13.6. The van der Waals surface area contributed by atoms with Crippen LogP contribution >= 0.6 is 0 Å². The Morgan fingerprint density at radius 2 is 1.74 bits per heavy atom. The Labute approximate surface area is 160 Å². The molecule has 140 valence electrons. The molecule has 1 unspecified atom stereocenters. The Hall–Kier alpha value is -2.62. The lowest BCUT2D eigenvalue weighted by molar-refractivity contribution is -0.144. The number of aryl methyl sites for hydroxylation is 1. The Balaban J connectivity index is 1.74. The third kappa shape index (κ3) is 2.93. The molecule has 2 amide bonds. The SMILES string of the molecule is Cc1cccc(-c2ccccc2C(=O)N2CCCC23CCCN(C)C3=O)c1. The average molecular weight is 362 g/mol. The number of rotatable bonds is 2. The fourth-order valence-corrected chi connectivity index (χ4v) is 4.71. The number of piperidine rings is 1. The summed E-state index contributed by atoms with van der Waals surface area (Å²) in [6, 6.07) is 16.0. The number of carbonyl (C=O) groups excluding carboxylic acids is 2. The van der Waals surface area contributed by atoms with E-state index in [0.29, 0.717) is 12.1 Å². The van der Waals surface area contributed by atoms with Crippen molar-refractivity contribution >= 4 is 11.8 Å². The van der Waals surface area contributed by atoms with Gasteiger partial charge in [0.2, 0.25) is 5.91 Å². The zero-order valence-corrected chi connectivity index (χ0v) is 16.1. The Bertz CT molecular complexity index is 891. The number of amides is 2. The number of hydrogen-bond acceptors (Lipinski definition) is 2. The van der Waals surface area contributed by atoms with Crippen molar-refractivity contribution in [1.82, 2.24) is 9.80 Å². The lowest BCUT2D eigenvalue weighted by Gasteiger charge is -2.43. The molecule has 4 nitrogen and oxygen atoms in total. The number of carbonyl (C=O) groups is 2. The van der Waals surface area contributed by atoms with E-state index in [1.165, 1.54) is 0 Å². The van der Waals surface area contributed by atoms with Gasteiger partial charge in [0, 0.05) is 25.7 Å². The topological polar surface area (TPSA) is 40.6 Å². The Morgan fingerprint density at radius 3 is 2.52 bits per heavy atom. The molecule has 0 radical (unpaired) electrons. The van der Waals surface area contributed by atoms with Crippen LogP contribution in [0.3, 0.4) is 0 Å². The Morgan fingerprint density at radius 1 is 1.00 bits per heavy atom. The van der Waals surface area contributed by atoms with Gasteiger partial charge in [0.05, 0.1) is 0 Å². The molecular formula is C23H26N2O2. The van der Waals surface area contributed by atoms with Crippen LogP contribution in [0.1, 0.15) is 41.6 Å². The number of benzene rings is 2. The molecule has 2 aromatic carbocycles. The van der Waals surface area contributed by atoms with E-state index in [2.05, 4.69) is 19.1 Å². The van der Waals surface area contributed by atoms with Crippen LogP contribution in [0.5, 0.6) is 0 Å². The first kappa shape index (κ1) is 17.8. The molecule has 2 heterocycles. The maximum absolute atomic E-state index is 13.6. The largest absolute Gasteiger partial charge is 0.344 e. The smallest absolute Gasteiger partial charge is 0.255 e. The number of nitrogens with zero attached hydrogens (tertiary/aromatic N) is 2. The van der Waals surface area contributed by atoms with Gasteiger partial charge in [-0.3, -0.25) is 9.59 Å². The Kier molecular flexibility index (Phi) is 4.50. The van der Waals surface area contributed by atoms with Gasteiger partial charge in [0.1, 0.15) is 5.54 Å². The molecule has 0 aromatic heterocycles. The van der Waals surface area contributed by atoms with Crippen molar-refractivity contribution in [3.8, 4) is 11.1 Å². The van der Waals surface area contributed by atoms with Crippen LogP contribution in [-0.4, -0.2) is 47.3 Å². The van der Waals surface area contributed by atoms with Crippen LogP contribution in [-0.2, 0) is 4.79 Å². The molecule has 2 saturated heterocycles. The van der Waals surface area contributed by atoms with Gasteiger partial charge in [0.25, 0.3) is 5.91 Å². The third-order valence-electron chi connectivity index (χ3n) is 6.05. The normalized spacial score (nSPS) is 22.5. The van der Waals surface area contributed by atoms with Crippen molar-refractivity contribution < 1.29 is 9.59 Å². The third-order valence-corrected chi connectivity index (χ3v) is 6.05. The maximum Gasteiger partial charge on any atom is 0.255 e. The van der Waals surface area contributed by atoms with Gasteiger partial charge in [-0.25, -0.2) is 0 Å². The summed E-state index contributed by atoms with van der Waals surface area (Å²) in [6.45, 7) is 3.49. The van der Waals surface area contributed by atoms with Crippen molar-refractivity contribution in [2.45, 2.75) is 38.1 Å². The van der Waals surface area contributed by atoms with Crippen molar-refractivity contribution in [2.24, 2.45) is 0 Å². The lowest BCUT2D eigenvalue weighted by atomic mass is 9.85. The van der Waals surface area contributed by atoms with Crippen molar-refractivity contribution in [2.75, 3.05) is 20.1 Å². The summed E-state index contributed by atoms with van der Waals surface area (Å²) in [7, 11) is 1.85. The number of likely N-dealkylation sites (N-methyl/N-ethyl adjacent to an activating group) is 1. The van der Waals surface area contributed by atoms with Crippen LogP contribution in [0, 0.1) is 6.92 Å². The summed E-state index contributed by atoms with van der Waals surface area (Å²) < 4.78 is 0. The molecule has 0 bridgehead atoms. The van der Waals surface area contributed by atoms with Gasteiger partial charge in [-0.2, -0.15) is 0 Å². The summed E-state index contributed by atoms with van der Waals surface area (Å²) in [5.41, 5.74) is 3.18. The highest BCUT2D eigenvalue weighted by Gasteiger charge is 2.52. The van der Waals surface area contributed by atoms with E-state index in [0.717, 1.165) is 48.9 Å². The molecule has 4 heteroatoms. The summed E-state index contributed by atoms with van der Waals surface area (Å²) in [5, 5.41) is 0. The van der Waals surface area contributed by atoms with E-state index in [1.807, 2.05) is 48.3 Å². The monoisotopic (exact) mass is 362 g/mol. The molecule has 0 aliphatic carbocycles. The average Bonchev–Trinajstić information content (AvgIpc) is 3.10. The van der Waals surface area contributed by atoms with Gasteiger partial charge in [-0.1, -0.05) is 48.0 Å². The van der Waals surface area contributed by atoms with E-state index >= 15 is 0 Å². The minimum atomic E-state index is -0.649. The predicted octanol–water partition coefficient (Wildman–Crippen LogP) is 3.89. The van der Waals surface area contributed by atoms with Crippen molar-refractivity contribution in [3.63, 3.8) is 0 Å². The minimum Gasteiger partial charge on any atom is -0.344 e. The second-order valence-corrected chi connectivity index (χ2v) is 7.84. The van der Waals surface area contributed by atoms with Gasteiger partial charge in [-0.15, -0.1) is 0 Å². The van der Waals surface area contributed by atoms with Crippen LogP contribution < -0.4 is 0 Å². The van der Waals surface area contributed by atoms with Crippen molar-refractivity contribution in [3.05, 3.63) is 59.7 Å². The standard InChI is InChI=1S/C23H26N2O2/c1-17-8-5-9-18(16-17)19-10-3-4-11-20(19)21(26)25-15-7-13-23(25)12-6-14-24(2)22(23)27/h3-5,8-11,16H,6-7,12-15H2,1-2H3. The van der Waals surface area contributed by atoms with Crippen LogP contribution in [0.25, 0.3) is 11.1 Å². The molecular weight excluding hydrogens is 336 g/mol. The number of hydrogen-bond donors (Lipinski definition) is 0. The fourth-order valence-electron chi connectivity index (χ4n) is 4.71. The number of likely N-dealkylation sites (tertiary alicyclic amines) is 2. The zero-order chi connectivity index (χ0) is 19.0. The summed E-state index contributed by atoms with van der Waals surface area (Å²) in [5.74, 6) is 0.0842. The molecule has 1 spiro atoms. The summed E-state index contributed by atoms with van der Waals surface area (Å²) >= 11 is 0. The van der Waals surface area contributed by atoms with Gasteiger partial charge >= 0.3 is 0 Å². The highest BCUT2D eigenvalue weighted by Crippen LogP contribution is 2.39. The van der Waals surface area contributed by atoms with Crippen LogP contribution in [0.2, 0.25) is 0 Å². The summed E-state index contributed by atoms with van der Waals surface area (Å²) in [4.78, 5) is 30.3. The molecule has 2 aromatic rings. The molecule has 0 saturated carbocycles. The first-order valence-electron chi connectivity index (χ1n) is 9.76. The second-order valence-electron chi connectivity index (χ2n) is 7.84. The molecule has 1 atom stereocenters. The van der Waals surface area contributed by atoms with E-state index in [9.17, 15) is 9.59 Å². The molecule has 27 heavy (non-hydrogen) atoms. The molecule has 2 aliphatic rings. The second kappa shape index (κ2) is 6.84. The summed E-state index contributed by atoms with van der Waals surface area (Å²) in [6.07, 6.45) is 3.38. The van der Waals surface area contributed by atoms with E-state index in [4.69, 9.17) is 0 Å². The van der Waals surface area contributed by atoms with Gasteiger partial charge < -0.3 is 9.80 Å². The van der Waals surface area contributed by atoms with E-state index < -0.39 is 5.54 Å². The zero-order valence-electron chi connectivity index (χ0n) is 16.1. The quantitative estimate of drug-likeness (QED) is 0.813. The van der Waals surface area contributed by atoms with Gasteiger partial charge in [-0.05, 0) is 49.8 Å². The molecule has 4 rings (SSSR count). The van der Waals surface area contributed by atoms with E-state index in [1.54, 1.807) is 4.90 Å². The molecule has 2 fully saturated rings. The molecule has 2 aliphatic heterocycles. The van der Waals surface area contributed by atoms with E-state index in [-0.39, 0.29) is 11.8 Å². The van der Waals surface area contributed by atoms with Crippen LogP contribution in [0.15, 0.2) is 48.5 Å². The minimum absolute atomic E-state index is 0.0201. The first-order chi connectivity index (χ1) is 13.0. The first-order valence-corrected chi connectivity index (χ1v) is 9.76. The molecule has 0 N–H and O–H groups in total. The highest BCUT2D eigenvalue weighted by atomic mass is 16.2. The van der Waals surface area contributed by atoms with Crippen molar-refractivity contribution in [1.29, 1.82) is 0 Å². The lowest BCUT2D eigenvalue weighted by Crippen LogP contribution is -2.60. The van der Waals surface area contributed by atoms with Gasteiger partial charge in [0.15, 0.2) is 0 Å².